The molecule has 2 rings (SSSR count). The molecule has 1 atom stereocenters. The highest BCUT2D eigenvalue weighted by Crippen LogP contribution is 2.41. The summed E-state index contributed by atoms with van der Waals surface area (Å²) in [6.45, 7) is 6.95. The van der Waals surface area contributed by atoms with Crippen molar-refractivity contribution >= 4 is 28.6 Å². The van der Waals surface area contributed by atoms with Crippen molar-refractivity contribution < 1.29 is 26.9 Å². The predicted octanol–water partition coefficient (Wildman–Crippen LogP) is 5.04. The molecular weight excluding hydrogens is 417 g/mol. The van der Waals surface area contributed by atoms with Gasteiger partial charge in [-0.1, -0.05) is 28.1 Å². The van der Waals surface area contributed by atoms with Gasteiger partial charge >= 0.3 is 13.3 Å². The smallest absolute Gasteiger partial charge is 0.398 e. The van der Waals surface area contributed by atoms with Crippen molar-refractivity contribution in [3.05, 3.63) is 40.0 Å². The van der Waals surface area contributed by atoms with Crippen molar-refractivity contribution in [1.82, 2.24) is 0 Å². The molecule has 9 heteroatoms. The molecule has 1 fully saturated rings. The second-order valence-corrected chi connectivity index (χ2v) is 8.19. The number of nitrogens with two attached hydrogens (primary N) is 1. The molecule has 1 heterocycles. The van der Waals surface area contributed by atoms with E-state index in [9.17, 15) is 13.2 Å². The van der Waals surface area contributed by atoms with Crippen LogP contribution in [0.3, 0.4) is 0 Å². The summed E-state index contributed by atoms with van der Waals surface area (Å²) in [6, 6.07) is 4.15. The lowest BCUT2D eigenvalue weighted by Gasteiger charge is -2.32. The standard InChI is InChI=1S/C17H21BBrF4NO2/c1-15(2)16(3,4)26-18(25-15)14(20)12(9-13(24)17(21,22)23)10-6-5-7-11(19)8-10/h5-8,13H,9,24H2,1-4H3. The van der Waals surface area contributed by atoms with E-state index in [4.69, 9.17) is 15.0 Å². The van der Waals surface area contributed by atoms with Crippen LogP contribution in [-0.4, -0.2) is 30.5 Å². The Morgan fingerprint density at radius 3 is 2.19 bits per heavy atom. The van der Waals surface area contributed by atoms with Crippen LogP contribution in [-0.2, 0) is 9.31 Å². The SMILES string of the molecule is CC1(C)OB(C(F)=C(CC(N)C(F)(F)F)c2cccc(Br)c2)OC1(C)C. The van der Waals surface area contributed by atoms with Gasteiger partial charge in [0.2, 0.25) is 0 Å². The van der Waals surface area contributed by atoms with Crippen molar-refractivity contribution in [2.24, 2.45) is 5.73 Å². The molecular formula is C17H21BBrF4NO2. The summed E-state index contributed by atoms with van der Waals surface area (Å²) < 4.78 is 65.9. The summed E-state index contributed by atoms with van der Waals surface area (Å²) in [7, 11) is -1.39. The fraction of sp³-hybridized carbons (Fsp3) is 0.529. The van der Waals surface area contributed by atoms with Crippen LogP contribution >= 0.6 is 15.9 Å². The molecule has 1 aliphatic rings. The van der Waals surface area contributed by atoms with Crippen LogP contribution in [0.2, 0.25) is 0 Å². The molecule has 0 aromatic heterocycles. The molecule has 0 aliphatic carbocycles. The van der Waals surface area contributed by atoms with Gasteiger partial charge in [-0.25, -0.2) is 4.39 Å². The third-order valence-electron chi connectivity index (χ3n) is 4.77. The zero-order valence-corrected chi connectivity index (χ0v) is 16.5. The van der Waals surface area contributed by atoms with E-state index in [1.165, 1.54) is 12.1 Å². The maximum Gasteiger partial charge on any atom is 0.525 e. The first kappa shape index (κ1) is 21.4. The zero-order valence-electron chi connectivity index (χ0n) is 15.0. The lowest BCUT2D eigenvalue weighted by molar-refractivity contribution is -0.146. The minimum absolute atomic E-state index is 0.186. The van der Waals surface area contributed by atoms with Crippen LogP contribution in [0.5, 0.6) is 0 Å². The van der Waals surface area contributed by atoms with Crippen molar-refractivity contribution in [3.63, 3.8) is 0 Å². The van der Waals surface area contributed by atoms with Crippen LogP contribution < -0.4 is 5.73 Å². The predicted molar refractivity (Wildman–Crippen MR) is 96.9 cm³/mol. The molecule has 0 amide bonds. The summed E-state index contributed by atoms with van der Waals surface area (Å²) in [5.41, 5.74) is 2.82. The molecule has 26 heavy (non-hydrogen) atoms. The fourth-order valence-corrected chi connectivity index (χ4v) is 2.85. The number of rotatable bonds is 4. The Hall–Kier alpha value is -0.895. The minimum atomic E-state index is -4.65. The Morgan fingerprint density at radius 1 is 1.19 bits per heavy atom. The van der Waals surface area contributed by atoms with E-state index in [0.717, 1.165) is 0 Å². The van der Waals surface area contributed by atoms with E-state index in [1.54, 1.807) is 39.8 Å². The Bertz CT molecular complexity index is 690. The number of benzene rings is 1. The lowest BCUT2D eigenvalue weighted by atomic mass is 9.81. The molecule has 1 aromatic rings. The fourth-order valence-electron chi connectivity index (χ4n) is 2.45. The van der Waals surface area contributed by atoms with Crippen molar-refractivity contribution in [2.75, 3.05) is 0 Å². The molecule has 1 saturated heterocycles. The molecule has 0 radical (unpaired) electrons. The van der Waals surface area contributed by atoms with Crippen LogP contribution in [0.1, 0.15) is 39.7 Å². The molecule has 0 bridgehead atoms. The van der Waals surface area contributed by atoms with Crippen molar-refractivity contribution in [3.8, 4) is 0 Å². The molecule has 0 saturated carbocycles. The topological polar surface area (TPSA) is 44.5 Å². The summed E-state index contributed by atoms with van der Waals surface area (Å²) in [4.78, 5) is 0. The molecule has 1 aliphatic heterocycles. The average molecular weight is 438 g/mol. The molecule has 0 spiro atoms. The first-order chi connectivity index (χ1) is 11.7. The molecule has 2 N–H and O–H groups in total. The van der Waals surface area contributed by atoms with Gasteiger partial charge in [0.05, 0.1) is 11.2 Å². The molecule has 3 nitrogen and oxygen atoms in total. The van der Waals surface area contributed by atoms with E-state index in [-0.39, 0.29) is 11.1 Å². The van der Waals surface area contributed by atoms with Gasteiger partial charge in [0, 0.05) is 4.47 Å². The van der Waals surface area contributed by atoms with Crippen molar-refractivity contribution in [2.45, 2.75) is 57.5 Å². The minimum Gasteiger partial charge on any atom is -0.398 e. The highest BCUT2D eigenvalue weighted by molar-refractivity contribution is 9.10. The summed E-state index contributed by atoms with van der Waals surface area (Å²) in [5, 5.41) is 0. The maximum atomic E-state index is 15.2. The monoisotopic (exact) mass is 437 g/mol. The Balaban J connectivity index is 2.47. The molecule has 144 valence electrons. The summed E-state index contributed by atoms with van der Waals surface area (Å²) in [5.74, 6) is 0. The van der Waals surface area contributed by atoms with Gasteiger partial charge < -0.3 is 15.0 Å². The molecule has 1 unspecified atom stereocenters. The Labute approximate surface area is 159 Å². The van der Waals surface area contributed by atoms with Gasteiger partial charge in [0.15, 0.2) is 0 Å². The lowest BCUT2D eigenvalue weighted by Crippen LogP contribution is -2.41. The number of hydrogen-bond acceptors (Lipinski definition) is 3. The van der Waals surface area contributed by atoms with Gasteiger partial charge in [-0.2, -0.15) is 13.2 Å². The van der Waals surface area contributed by atoms with Crippen molar-refractivity contribution in [1.29, 1.82) is 0 Å². The van der Waals surface area contributed by atoms with Gasteiger partial charge in [0.25, 0.3) is 0 Å². The third-order valence-corrected chi connectivity index (χ3v) is 5.26. The quantitative estimate of drug-likeness (QED) is 0.530. The van der Waals surface area contributed by atoms with Gasteiger partial charge in [-0.05, 0) is 57.4 Å². The zero-order chi connectivity index (χ0) is 19.9. The van der Waals surface area contributed by atoms with Gasteiger partial charge in [0.1, 0.15) is 11.8 Å². The van der Waals surface area contributed by atoms with Crippen LogP contribution in [0.4, 0.5) is 17.6 Å². The molecule has 1 aromatic carbocycles. The van der Waals surface area contributed by atoms with E-state index < -0.39 is 42.7 Å². The third kappa shape index (κ3) is 4.50. The van der Waals surface area contributed by atoms with Crippen LogP contribution in [0.25, 0.3) is 5.57 Å². The average Bonchev–Trinajstić information content (AvgIpc) is 2.71. The highest BCUT2D eigenvalue weighted by Gasteiger charge is 2.54. The number of alkyl halides is 3. The second kappa shape index (κ2) is 7.26. The Kier molecular flexibility index (Phi) is 5.98. The van der Waals surface area contributed by atoms with Gasteiger partial charge in [-0.15, -0.1) is 0 Å². The van der Waals surface area contributed by atoms with E-state index in [0.29, 0.717) is 4.47 Å². The first-order valence-corrected chi connectivity index (χ1v) is 8.86. The summed E-state index contributed by atoms with van der Waals surface area (Å²) in [6.07, 6.45) is -5.37. The van der Waals surface area contributed by atoms with Gasteiger partial charge in [-0.3, -0.25) is 0 Å². The highest BCUT2D eigenvalue weighted by atomic mass is 79.9. The normalized spacial score (nSPS) is 21.5. The number of hydrogen-bond donors (Lipinski definition) is 1. The largest absolute Gasteiger partial charge is 0.525 e. The van der Waals surface area contributed by atoms with E-state index in [2.05, 4.69) is 15.9 Å². The van der Waals surface area contributed by atoms with Crippen LogP contribution in [0.15, 0.2) is 34.5 Å². The van der Waals surface area contributed by atoms with Crippen LogP contribution in [0, 0.1) is 0 Å². The first-order valence-electron chi connectivity index (χ1n) is 8.07. The summed E-state index contributed by atoms with van der Waals surface area (Å²) >= 11 is 3.24. The van der Waals surface area contributed by atoms with E-state index >= 15 is 4.39 Å². The van der Waals surface area contributed by atoms with E-state index in [1.807, 2.05) is 0 Å². The Morgan fingerprint density at radius 2 is 1.73 bits per heavy atom. The maximum absolute atomic E-state index is 15.2. The number of halogens is 5. The second-order valence-electron chi connectivity index (χ2n) is 7.28.